The number of aromatic nitrogens is 1. The third-order valence-electron chi connectivity index (χ3n) is 2.99. The molecule has 0 radical (unpaired) electrons. The number of amides is 2. The van der Waals surface area contributed by atoms with Gasteiger partial charge in [0, 0.05) is 10.9 Å². The number of rotatable bonds is 8. The molecule has 2 rings (SSSR count). The van der Waals surface area contributed by atoms with Crippen LogP contribution in [0.5, 0.6) is 0 Å². The molecule has 0 bridgehead atoms. The first-order valence-electron chi connectivity index (χ1n) is 7.22. The molecule has 2 heterocycles. The van der Waals surface area contributed by atoms with Crippen molar-refractivity contribution in [2.45, 2.75) is 26.3 Å². The minimum atomic E-state index is -0.207. The highest BCUT2D eigenvalue weighted by Crippen LogP contribution is 2.21. The van der Waals surface area contributed by atoms with Gasteiger partial charge in [0.15, 0.2) is 5.82 Å². The molecular formula is C15H19N3O3S2. The molecule has 0 aliphatic heterocycles. The predicted octanol–water partition coefficient (Wildman–Crippen LogP) is 2.98. The summed E-state index contributed by atoms with van der Waals surface area (Å²) >= 11 is 2.89. The lowest BCUT2D eigenvalue weighted by Gasteiger charge is -2.15. The lowest BCUT2D eigenvalue weighted by atomic mass is 10.2. The zero-order chi connectivity index (χ0) is 16.7. The molecular weight excluding hydrogens is 334 g/mol. The van der Waals surface area contributed by atoms with Crippen molar-refractivity contribution in [1.29, 1.82) is 0 Å². The number of aryl methyl sites for hydroxylation is 1. The van der Waals surface area contributed by atoms with Crippen LogP contribution in [0.1, 0.15) is 30.0 Å². The van der Waals surface area contributed by atoms with Gasteiger partial charge in [0.25, 0.3) is 0 Å². The summed E-state index contributed by atoms with van der Waals surface area (Å²) in [7, 11) is 0. The van der Waals surface area contributed by atoms with Crippen molar-refractivity contribution in [2.75, 3.05) is 16.8 Å². The number of thioether (sulfide) groups is 1. The van der Waals surface area contributed by atoms with Crippen LogP contribution in [-0.4, -0.2) is 28.5 Å². The van der Waals surface area contributed by atoms with E-state index in [-0.39, 0.29) is 29.4 Å². The van der Waals surface area contributed by atoms with E-state index in [0.717, 1.165) is 11.3 Å². The number of anilines is 1. The Kier molecular flexibility index (Phi) is 6.66. The SMILES string of the molecule is CC[C@@H](NC(=O)CSCC(=O)Nc1cc(C)on1)c1cccs1. The molecule has 0 saturated carbocycles. The van der Waals surface area contributed by atoms with Crippen LogP contribution in [0, 0.1) is 6.92 Å². The Hall–Kier alpha value is -1.80. The fourth-order valence-corrected chi connectivity index (χ4v) is 3.43. The number of nitrogens with one attached hydrogen (secondary N) is 2. The maximum atomic E-state index is 12.0. The van der Waals surface area contributed by atoms with E-state index in [9.17, 15) is 9.59 Å². The van der Waals surface area contributed by atoms with Crippen molar-refractivity contribution in [1.82, 2.24) is 10.5 Å². The van der Waals surface area contributed by atoms with Gasteiger partial charge in [-0.05, 0) is 24.8 Å². The molecule has 0 aliphatic carbocycles. The third kappa shape index (κ3) is 5.72. The molecule has 2 N–H and O–H groups in total. The summed E-state index contributed by atoms with van der Waals surface area (Å²) in [5.74, 6) is 1.18. The van der Waals surface area contributed by atoms with Gasteiger partial charge in [-0.25, -0.2) is 0 Å². The third-order valence-corrected chi connectivity index (χ3v) is 4.91. The average molecular weight is 353 g/mol. The number of hydrogen-bond acceptors (Lipinski definition) is 6. The summed E-state index contributed by atoms with van der Waals surface area (Å²) in [5.41, 5.74) is 0. The number of thiophene rings is 1. The summed E-state index contributed by atoms with van der Waals surface area (Å²) in [4.78, 5) is 24.8. The first kappa shape index (κ1) is 17.6. The topological polar surface area (TPSA) is 84.2 Å². The van der Waals surface area contributed by atoms with E-state index in [1.807, 2.05) is 24.4 Å². The fraction of sp³-hybridized carbons (Fsp3) is 0.400. The second-order valence-corrected chi connectivity index (χ2v) is 6.87. The van der Waals surface area contributed by atoms with Crippen molar-refractivity contribution in [2.24, 2.45) is 0 Å². The number of carbonyl (C=O) groups excluding carboxylic acids is 2. The van der Waals surface area contributed by atoms with Gasteiger partial charge in [-0.1, -0.05) is 18.1 Å². The van der Waals surface area contributed by atoms with Crippen molar-refractivity contribution in [3.63, 3.8) is 0 Å². The molecule has 2 amide bonds. The molecule has 124 valence electrons. The monoisotopic (exact) mass is 353 g/mol. The molecule has 23 heavy (non-hydrogen) atoms. The number of nitrogens with zero attached hydrogens (tertiary/aromatic N) is 1. The molecule has 2 aromatic rings. The second-order valence-electron chi connectivity index (χ2n) is 4.91. The zero-order valence-corrected chi connectivity index (χ0v) is 14.6. The van der Waals surface area contributed by atoms with Gasteiger partial charge in [-0.3, -0.25) is 9.59 Å². The summed E-state index contributed by atoms with van der Waals surface area (Å²) < 4.78 is 4.86. The Labute approximate surface area is 143 Å². The fourth-order valence-electron chi connectivity index (χ4n) is 1.94. The Morgan fingerprint density at radius 1 is 1.39 bits per heavy atom. The van der Waals surface area contributed by atoms with Crippen LogP contribution in [-0.2, 0) is 9.59 Å². The smallest absolute Gasteiger partial charge is 0.235 e. The first-order valence-corrected chi connectivity index (χ1v) is 9.25. The van der Waals surface area contributed by atoms with Crippen LogP contribution in [0.2, 0.25) is 0 Å². The van der Waals surface area contributed by atoms with Gasteiger partial charge in [-0.15, -0.1) is 23.1 Å². The standard InChI is InChI=1S/C15H19N3O3S2/c1-3-11(12-5-4-6-23-12)16-14(19)8-22-9-15(20)17-13-7-10(2)21-18-13/h4-7,11H,3,8-9H2,1-2H3,(H,16,19)(H,17,18,20)/t11-/m1/s1. The van der Waals surface area contributed by atoms with E-state index in [2.05, 4.69) is 15.8 Å². The lowest BCUT2D eigenvalue weighted by Crippen LogP contribution is -2.29. The molecule has 1 atom stereocenters. The van der Waals surface area contributed by atoms with Crippen LogP contribution in [0.4, 0.5) is 5.82 Å². The average Bonchev–Trinajstić information content (AvgIpc) is 3.16. The van der Waals surface area contributed by atoms with E-state index in [1.54, 1.807) is 24.3 Å². The van der Waals surface area contributed by atoms with E-state index >= 15 is 0 Å². The van der Waals surface area contributed by atoms with Gasteiger partial charge < -0.3 is 15.2 Å². The van der Waals surface area contributed by atoms with Crippen LogP contribution in [0.15, 0.2) is 28.1 Å². The van der Waals surface area contributed by atoms with Crippen molar-refractivity contribution in [3.8, 4) is 0 Å². The molecule has 0 aromatic carbocycles. The number of hydrogen-bond donors (Lipinski definition) is 2. The highest BCUT2D eigenvalue weighted by Gasteiger charge is 2.14. The van der Waals surface area contributed by atoms with E-state index in [1.165, 1.54) is 11.8 Å². The van der Waals surface area contributed by atoms with Gasteiger partial charge in [-0.2, -0.15) is 0 Å². The van der Waals surface area contributed by atoms with Crippen molar-refractivity contribution in [3.05, 3.63) is 34.2 Å². The summed E-state index contributed by atoms with van der Waals surface area (Å²) in [6.45, 7) is 3.78. The normalized spacial score (nSPS) is 11.9. The largest absolute Gasteiger partial charge is 0.360 e. The lowest BCUT2D eigenvalue weighted by molar-refractivity contribution is -0.119. The Morgan fingerprint density at radius 2 is 2.17 bits per heavy atom. The summed E-state index contributed by atoms with van der Waals surface area (Å²) in [6, 6.07) is 5.66. The second kappa shape index (κ2) is 8.73. The van der Waals surface area contributed by atoms with E-state index in [0.29, 0.717) is 11.6 Å². The van der Waals surface area contributed by atoms with Crippen LogP contribution >= 0.6 is 23.1 Å². The summed E-state index contributed by atoms with van der Waals surface area (Å²) in [5, 5.41) is 11.3. The molecule has 0 saturated heterocycles. The Bertz CT molecular complexity index is 640. The molecule has 0 spiro atoms. The van der Waals surface area contributed by atoms with Gasteiger partial charge in [0.1, 0.15) is 5.76 Å². The maximum absolute atomic E-state index is 12.0. The minimum Gasteiger partial charge on any atom is -0.360 e. The van der Waals surface area contributed by atoms with E-state index in [4.69, 9.17) is 4.52 Å². The van der Waals surface area contributed by atoms with Crippen LogP contribution in [0.3, 0.4) is 0 Å². The molecule has 6 nitrogen and oxygen atoms in total. The quantitative estimate of drug-likeness (QED) is 0.762. The molecule has 8 heteroatoms. The Balaban J connectivity index is 1.69. The molecule has 0 fully saturated rings. The van der Waals surface area contributed by atoms with Crippen LogP contribution < -0.4 is 10.6 Å². The zero-order valence-electron chi connectivity index (χ0n) is 13.0. The molecule has 0 aliphatic rings. The minimum absolute atomic E-state index is 0.0371. The highest BCUT2D eigenvalue weighted by atomic mass is 32.2. The number of carbonyl (C=O) groups is 2. The predicted molar refractivity (Wildman–Crippen MR) is 92.7 cm³/mol. The van der Waals surface area contributed by atoms with Gasteiger partial charge >= 0.3 is 0 Å². The van der Waals surface area contributed by atoms with Gasteiger partial charge in [0.2, 0.25) is 11.8 Å². The van der Waals surface area contributed by atoms with Crippen molar-refractivity contribution >= 4 is 40.7 Å². The highest BCUT2D eigenvalue weighted by molar-refractivity contribution is 8.00. The Morgan fingerprint density at radius 3 is 2.78 bits per heavy atom. The molecule has 2 aromatic heterocycles. The maximum Gasteiger partial charge on any atom is 0.235 e. The van der Waals surface area contributed by atoms with E-state index < -0.39 is 0 Å². The van der Waals surface area contributed by atoms with Crippen molar-refractivity contribution < 1.29 is 14.1 Å². The van der Waals surface area contributed by atoms with Gasteiger partial charge in [0.05, 0.1) is 17.5 Å². The summed E-state index contributed by atoms with van der Waals surface area (Å²) in [6.07, 6.45) is 0.836. The van der Waals surface area contributed by atoms with Crippen LogP contribution in [0.25, 0.3) is 0 Å². The molecule has 0 unspecified atom stereocenters. The first-order chi connectivity index (χ1) is 11.1.